The maximum atomic E-state index is 5.91. The lowest BCUT2D eigenvalue weighted by Gasteiger charge is -1.95. The van der Waals surface area contributed by atoms with Crippen molar-refractivity contribution in [2.24, 2.45) is 0 Å². The number of aromatic amines is 1. The quantitative estimate of drug-likeness (QED) is 0.616. The fraction of sp³-hybridized carbons (Fsp3) is 0.111. The summed E-state index contributed by atoms with van der Waals surface area (Å²) in [6.45, 7) is 2.02. The van der Waals surface area contributed by atoms with Crippen LogP contribution in [0.15, 0.2) is 18.3 Å². The zero-order valence-corrected chi connectivity index (χ0v) is 6.87. The molecule has 0 unspecified atom stereocenters. The zero-order chi connectivity index (χ0) is 7.84. The van der Waals surface area contributed by atoms with Gasteiger partial charge < -0.3 is 4.98 Å². The highest BCUT2D eigenvalue weighted by Crippen LogP contribution is 2.23. The van der Waals surface area contributed by atoms with Crippen LogP contribution in [0, 0.1) is 13.0 Å². The molecule has 0 atom stereocenters. The van der Waals surface area contributed by atoms with E-state index in [0.29, 0.717) is 0 Å². The van der Waals surface area contributed by atoms with Gasteiger partial charge >= 0.3 is 0 Å². The number of benzene rings is 1. The van der Waals surface area contributed by atoms with Crippen LogP contribution in [0.3, 0.4) is 0 Å². The van der Waals surface area contributed by atoms with Gasteiger partial charge in [0.05, 0.1) is 10.5 Å². The summed E-state index contributed by atoms with van der Waals surface area (Å²) in [6.07, 6.45) is 1.89. The minimum absolute atomic E-state index is 0.732. The fourth-order valence-corrected chi connectivity index (χ4v) is 1.41. The molecule has 0 amide bonds. The summed E-state index contributed by atoms with van der Waals surface area (Å²) in [6, 6.07) is 6.87. The lowest BCUT2D eigenvalue weighted by Crippen LogP contribution is -1.75. The van der Waals surface area contributed by atoms with Gasteiger partial charge in [0, 0.05) is 11.6 Å². The van der Waals surface area contributed by atoms with Crippen molar-refractivity contribution in [3.8, 4) is 0 Å². The zero-order valence-electron chi connectivity index (χ0n) is 6.11. The third kappa shape index (κ3) is 0.925. The summed E-state index contributed by atoms with van der Waals surface area (Å²) in [5.74, 6) is 0. The smallest absolute Gasteiger partial charge is 0.0653 e. The SMILES string of the molecule is Cc1[c]cc(Cl)c2[nH]ccc12. The van der Waals surface area contributed by atoms with E-state index in [1.54, 1.807) is 6.07 Å². The van der Waals surface area contributed by atoms with Gasteiger partial charge in [-0.1, -0.05) is 11.6 Å². The third-order valence-corrected chi connectivity index (χ3v) is 2.10. The first-order valence-corrected chi connectivity index (χ1v) is 3.80. The molecule has 0 fully saturated rings. The number of rotatable bonds is 0. The Balaban J connectivity index is 2.96. The molecule has 0 saturated carbocycles. The third-order valence-electron chi connectivity index (χ3n) is 1.81. The van der Waals surface area contributed by atoms with Gasteiger partial charge in [0.1, 0.15) is 0 Å². The minimum atomic E-state index is 0.732. The number of halogens is 1. The molecule has 0 aliphatic carbocycles. The summed E-state index contributed by atoms with van der Waals surface area (Å²) in [5.41, 5.74) is 2.13. The van der Waals surface area contributed by atoms with Crippen molar-refractivity contribution in [3.05, 3.63) is 35.0 Å². The molecule has 1 N–H and O–H groups in total. The number of hydrogen-bond acceptors (Lipinski definition) is 0. The Bertz CT molecular complexity index is 353. The van der Waals surface area contributed by atoms with Gasteiger partial charge in [-0.05, 0) is 30.7 Å². The standard InChI is InChI=1S/C9H7ClN/c1-6-2-3-8(10)9-7(6)4-5-11-9/h3-5,11H,1H3. The first-order chi connectivity index (χ1) is 5.29. The molecule has 0 saturated heterocycles. The van der Waals surface area contributed by atoms with Crippen LogP contribution in [-0.4, -0.2) is 4.98 Å². The number of aromatic nitrogens is 1. The van der Waals surface area contributed by atoms with E-state index in [0.717, 1.165) is 21.5 Å². The Labute approximate surface area is 70.0 Å². The van der Waals surface area contributed by atoms with Crippen molar-refractivity contribution in [2.75, 3.05) is 0 Å². The van der Waals surface area contributed by atoms with Crippen molar-refractivity contribution in [3.63, 3.8) is 0 Å². The Morgan fingerprint density at radius 3 is 3.09 bits per heavy atom. The molecular weight excluding hydrogens is 158 g/mol. The summed E-state index contributed by atoms with van der Waals surface area (Å²) in [5, 5.41) is 1.88. The molecular formula is C9H7ClN. The van der Waals surface area contributed by atoms with Crippen LogP contribution >= 0.6 is 11.6 Å². The van der Waals surface area contributed by atoms with Crippen LogP contribution in [0.2, 0.25) is 5.02 Å². The Morgan fingerprint density at radius 1 is 1.55 bits per heavy atom. The summed E-state index contributed by atoms with van der Waals surface area (Å²) in [7, 11) is 0. The molecule has 1 aromatic carbocycles. The van der Waals surface area contributed by atoms with E-state index < -0.39 is 0 Å². The van der Waals surface area contributed by atoms with E-state index in [1.807, 2.05) is 19.2 Å². The molecule has 55 valence electrons. The molecule has 2 aromatic rings. The molecule has 2 heteroatoms. The van der Waals surface area contributed by atoms with Crippen molar-refractivity contribution in [1.82, 2.24) is 4.98 Å². The van der Waals surface area contributed by atoms with Gasteiger partial charge in [-0.2, -0.15) is 0 Å². The van der Waals surface area contributed by atoms with Crippen LogP contribution in [-0.2, 0) is 0 Å². The lowest BCUT2D eigenvalue weighted by molar-refractivity contribution is 1.46. The monoisotopic (exact) mass is 164 g/mol. The number of nitrogens with one attached hydrogen (secondary N) is 1. The Kier molecular flexibility index (Phi) is 1.40. The van der Waals surface area contributed by atoms with Crippen LogP contribution in [0.5, 0.6) is 0 Å². The second kappa shape index (κ2) is 2.28. The van der Waals surface area contributed by atoms with Crippen molar-refractivity contribution >= 4 is 22.5 Å². The maximum Gasteiger partial charge on any atom is 0.0653 e. The topological polar surface area (TPSA) is 15.8 Å². The Hall–Kier alpha value is -0.950. The van der Waals surface area contributed by atoms with Crippen molar-refractivity contribution < 1.29 is 0 Å². The Morgan fingerprint density at radius 2 is 2.36 bits per heavy atom. The summed E-state index contributed by atoms with van der Waals surface area (Å²) in [4.78, 5) is 3.08. The summed E-state index contributed by atoms with van der Waals surface area (Å²) >= 11 is 5.91. The highest BCUT2D eigenvalue weighted by molar-refractivity contribution is 6.35. The number of fused-ring (bicyclic) bond motifs is 1. The van der Waals surface area contributed by atoms with Crippen LogP contribution in [0.4, 0.5) is 0 Å². The molecule has 1 nitrogen and oxygen atoms in total. The molecule has 1 aromatic heterocycles. The van der Waals surface area contributed by atoms with E-state index in [4.69, 9.17) is 11.6 Å². The molecule has 0 bridgehead atoms. The molecule has 0 aliphatic heterocycles. The van der Waals surface area contributed by atoms with Crippen LogP contribution < -0.4 is 0 Å². The predicted molar refractivity (Wildman–Crippen MR) is 46.9 cm³/mol. The van der Waals surface area contributed by atoms with Gasteiger partial charge in [0.2, 0.25) is 0 Å². The highest BCUT2D eigenvalue weighted by atomic mass is 35.5. The number of hydrogen-bond donors (Lipinski definition) is 1. The largest absolute Gasteiger partial charge is 0.360 e. The fourth-order valence-electron chi connectivity index (χ4n) is 1.20. The van der Waals surface area contributed by atoms with Crippen molar-refractivity contribution in [1.29, 1.82) is 0 Å². The molecule has 11 heavy (non-hydrogen) atoms. The molecule has 0 spiro atoms. The highest BCUT2D eigenvalue weighted by Gasteiger charge is 2.00. The van der Waals surface area contributed by atoms with Gasteiger partial charge in [0.15, 0.2) is 0 Å². The van der Waals surface area contributed by atoms with Crippen LogP contribution in [0.1, 0.15) is 5.56 Å². The van der Waals surface area contributed by atoms with Gasteiger partial charge in [-0.15, -0.1) is 0 Å². The van der Waals surface area contributed by atoms with E-state index in [9.17, 15) is 0 Å². The maximum absolute atomic E-state index is 5.91. The van der Waals surface area contributed by atoms with E-state index >= 15 is 0 Å². The molecule has 1 radical (unpaired) electrons. The van der Waals surface area contributed by atoms with Crippen LogP contribution in [0.25, 0.3) is 10.9 Å². The normalized spacial score (nSPS) is 10.7. The number of H-pyrrole nitrogens is 1. The minimum Gasteiger partial charge on any atom is -0.360 e. The van der Waals surface area contributed by atoms with Gasteiger partial charge in [-0.3, -0.25) is 0 Å². The average molecular weight is 165 g/mol. The second-order valence-corrected chi connectivity index (χ2v) is 2.94. The molecule has 2 rings (SSSR count). The predicted octanol–water partition coefficient (Wildman–Crippen LogP) is 2.93. The second-order valence-electron chi connectivity index (χ2n) is 2.53. The van der Waals surface area contributed by atoms with E-state index in [2.05, 4.69) is 11.1 Å². The van der Waals surface area contributed by atoms with Gasteiger partial charge in [0.25, 0.3) is 0 Å². The van der Waals surface area contributed by atoms with Crippen molar-refractivity contribution in [2.45, 2.75) is 6.92 Å². The first kappa shape index (κ1) is 6.74. The molecule has 1 heterocycles. The lowest BCUT2D eigenvalue weighted by atomic mass is 10.1. The summed E-state index contributed by atoms with van der Waals surface area (Å²) < 4.78 is 0. The molecule has 0 aliphatic rings. The van der Waals surface area contributed by atoms with E-state index in [1.165, 1.54) is 0 Å². The van der Waals surface area contributed by atoms with Gasteiger partial charge in [-0.25, -0.2) is 0 Å². The number of aryl methyl sites for hydroxylation is 1. The first-order valence-electron chi connectivity index (χ1n) is 3.43. The van der Waals surface area contributed by atoms with E-state index in [-0.39, 0.29) is 0 Å². The average Bonchev–Trinajstić information content (AvgIpc) is 2.45.